The average molecular weight is 437 g/mol. The van der Waals surface area contributed by atoms with E-state index in [2.05, 4.69) is 34.6 Å². The van der Waals surface area contributed by atoms with Crippen LogP contribution in [-0.4, -0.2) is 44.0 Å². The predicted octanol–water partition coefficient (Wildman–Crippen LogP) is 6.58. The minimum Gasteiger partial charge on any atom is -0.374 e. The van der Waals surface area contributed by atoms with Crippen LogP contribution in [0.3, 0.4) is 0 Å². The van der Waals surface area contributed by atoms with Gasteiger partial charge in [-0.05, 0) is 32.1 Å². The molecule has 7 heteroatoms. The minimum atomic E-state index is -2.84. The van der Waals surface area contributed by atoms with E-state index in [1.807, 2.05) is 6.55 Å². The molecule has 0 aromatic carbocycles. The zero-order chi connectivity index (χ0) is 21.1. The summed E-state index contributed by atoms with van der Waals surface area (Å²) < 4.78 is 32.0. The van der Waals surface area contributed by atoms with E-state index in [4.69, 9.17) is 21.8 Å². The molecule has 0 N–H and O–H groups in total. The molecule has 0 rings (SSSR count). The summed E-state index contributed by atoms with van der Waals surface area (Å²) in [6.45, 7) is 15.6. The smallest absolute Gasteiger partial charge is 0.374 e. The minimum absolute atomic E-state index is 0.674. The van der Waals surface area contributed by atoms with Gasteiger partial charge in [0.05, 0.1) is 0 Å². The fourth-order valence-corrected chi connectivity index (χ4v) is 9.41. The van der Waals surface area contributed by atoms with Crippen molar-refractivity contribution < 1.29 is 21.8 Å². The van der Waals surface area contributed by atoms with E-state index < -0.39 is 17.6 Å². The van der Waals surface area contributed by atoms with Crippen LogP contribution in [0.1, 0.15) is 98.8 Å². The Morgan fingerprint density at radius 1 is 0.500 bits per heavy atom. The fourth-order valence-electron chi connectivity index (χ4n) is 2.62. The molecule has 0 fully saturated rings. The molecule has 0 amide bonds. The zero-order valence-corrected chi connectivity index (χ0v) is 21.6. The monoisotopic (exact) mass is 436 g/mol. The Hall–Kier alpha value is 0.234. The predicted molar refractivity (Wildman–Crippen MR) is 122 cm³/mol. The molecular weight excluding hydrogens is 388 g/mol. The molecule has 0 saturated heterocycles. The van der Waals surface area contributed by atoms with Crippen LogP contribution in [0.25, 0.3) is 0 Å². The number of hydrogen-bond acceptors (Lipinski definition) is 5. The van der Waals surface area contributed by atoms with E-state index in [0.29, 0.717) is 26.4 Å². The number of unbranched alkanes of at least 4 members (excludes halogenated alkanes) is 5. The zero-order valence-electron chi connectivity index (χ0n) is 19.6. The van der Waals surface area contributed by atoms with E-state index in [-0.39, 0.29) is 0 Å². The summed E-state index contributed by atoms with van der Waals surface area (Å²) in [6, 6.07) is 0.841. The van der Waals surface area contributed by atoms with Crippen LogP contribution in [-0.2, 0) is 21.8 Å². The molecule has 0 aliphatic rings. The SMILES string of the molecule is CCCCO[Si](C)(OCCCC)O[Si](CCCC)(OCCCC)OCCCC. The van der Waals surface area contributed by atoms with Crippen molar-refractivity contribution in [1.29, 1.82) is 0 Å². The van der Waals surface area contributed by atoms with Gasteiger partial charge >= 0.3 is 17.6 Å². The lowest BCUT2D eigenvalue weighted by atomic mass is 10.4. The summed E-state index contributed by atoms with van der Waals surface area (Å²) >= 11 is 0. The number of rotatable bonds is 21. The molecular formula is C21H48O5Si2. The molecule has 5 nitrogen and oxygen atoms in total. The molecule has 0 spiro atoms. The van der Waals surface area contributed by atoms with Gasteiger partial charge in [0.25, 0.3) is 0 Å². The normalized spacial score (nSPS) is 12.6. The quantitative estimate of drug-likeness (QED) is 0.150. The van der Waals surface area contributed by atoms with Crippen LogP contribution < -0.4 is 0 Å². The summed E-state index contributed by atoms with van der Waals surface area (Å²) in [5.41, 5.74) is 0. The highest BCUT2D eigenvalue weighted by Crippen LogP contribution is 2.26. The Balaban J connectivity index is 5.36. The average Bonchev–Trinajstić information content (AvgIpc) is 2.67. The second-order valence-electron chi connectivity index (χ2n) is 7.56. The van der Waals surface area contributed by atoms with E-state index in [9.17, 15) is 0 Å². The second kappa shape index (κ2) is 18.0. The third kappa shape index (κ3) is 13.5. The Morgan fingerprint density at radius 3 is 1.21 bits per heavy atom. The van der Waals surface area contributed by atoms with Crippen LogP contribution in [0.5, 0.6) is 0 Å². The summed E-state index contributed by atoms with van der Waals surface area (Å²) in [4.78, 5) is 0. The molecule has 0 radical (unpaired) electrons. The molecule has 0 aliphatic heterocycles. The lowest BCUT2D eigenvalue weighted by Crippen LogP contribution is -2.57. The van der Waals surface area contributed by atoms with Crippen molar-refractivity contribution in [3.63, 3.8) is 0 Å². The van der Waals surface area contributed by atoms with Gasteiger partial charge in [0.2, 0.25) is 0 Å². The maximum absolute atomic E-state index is 6.70. The molecule has 0 saturated carbocycles. The van der Waals surface area contributed by atoms with Crippen molar-refractivity contribution in [2.45, 2.75) is 111 Å². The maximum atomic E-state index is 6.70. The molecule has 0 aromatic rings. The lowest BCUT2D eigenvalue weighted by Gasteiger charge is -2.37. The summed E-state index contributed by atoms with van der Waals surface area (Å²) in [5.74, 6) is 0. The molecule has 0 heterocycles. The Labute approximate surface area is 177 Å². The molecule has 0 aromatic heterocycles. The summed E-state index contributed by atoms with van der Waals surface area (Å²) in [5, 5.41) is 0. The van der Waals surface area contributed by atoms with Gasteiger partial charge < -0.3 is 21.8 Å². The van der Waals surface area contributed by atoms with Crippen molar-refractivity contribution in [1.82, 2.24) is 0 Å². The van der Waals surface area contributed by atoms with E-state index in [1.54, 1.807) is 0 Å². The van der Waals surface area contributed by atoms with E-state index >= 15 is 0 Å². The van der Waals surface area contributed by atoms with E-state index in [0.717, 1.165) is 70.3 Å². The molecule has 170 valence electrons. The van der Waals surface area contributed by atoms with Crippen LogP contribution in [0, 0.1) is 0 Å². The molecule has 0 atom stereocenters. The lowest BCUT2D eigenvalue weighted by molar-refractivity contribution is 0.0421. The van der Waals surface area contributed by atoms with Gasteiger partial charge in [0, 0.05) is 39.0 Å². The van der Waals surface area contributed by atoms with Crippen molar-refractivity contribution in [2.75, 3.05) is 26.4 Å². The largest absolute Gasteiger partial charge is 0.493 e. The molecule has 0 aliphatic carbocycles. The first-order chi connectivity index (χ1) is 13.5. The van der Waals surface area contributed by atoms with Gasteiger partial charge in [-0.25, -0.2) is 0 Å². The highest BCUT2D eigenvalue weighted by atomic mass is 28.5. The van der Waals surface area contributed by atoms with Crippen LogP contribution in [0.4, 0.5) is 0 Å². The highest BCUT2D eigenvalue weighted by molar-refractivity contribution is 6.74. The van der Waals surface area contributed by atoms with Crippen LogP contribution in [0.2, 0.25) is 12.6 Å². The van der Waals surface area contributed by atoms with Gasteiger partial charge in [0.1, 0.15) is 0 Å². The maximum Gasteiger partial charge on any atom is 0.493 e. The molecule has 0 unspecified atom stereocenters. The highest BCUT2D eigenvalue weighted by Gasteiger charge is 2.50. The number of hydrogen-bond donors (Lipinski definition) is 0. The van der Waals surface area contributed by atoms with Crippen molar-refractivity contribution in [3.05, 3.63) is 0 Å². The first-order valence-corrected chi connectivity index (χ1v) is 15.9. The third-order valence-electron chi connectivity index (χ3n) is 4.54. The van der Waals surface area contributed by atoms with Gasteiger partial charge in [-0.2, -0.15) is 0 Å². The van der Waals surface area contributed by atoms with E-state index in [1.165, 1.54) is 0 Å². The second-order valence-corrected chi connectivity index (χ2v) is 13.1. The van der Waals surface area contributed by atoms with Gasteiger partial charge in [-0.3, -0.25) is 0 Å². The first-order valence-electron chi connectivity index (χ1n) is 11.8. The molecule has 28 heavy (non-hydrogen) atoms. The Bertz CT molecular complexity index is 325. The van der Waals surface area contributed by atoms with Crippen molar-refractivity contribution >= 4 is 17.6 Å². The van der Waals surface area contributed by atoms with Gasteiger partial charge in [0.15, 0.2) is 0 Å². The first kappa shape index (κ1) is 28.2. The van der Waals surface area contributed by atoms with Gasteiger partial charge in [-0.1, -0.05) is 66.7 Å². The summed E-state index contributed by atoms with van der Waals surface area (Å²) in [7, 11) is -5.65. The summed E-state index contributed by atoms with van der Waals surface area (Å²) in [6.07, 6.45) is 10.6. The topological polar surface area (TPSA) is 46.2 Å². The van der Waals surface area contributed by atoms with Crippen molar-refractivity contribution in [2.24, 2.45) is 0 Å². The fraction of sp³-hybridized carbons (Fsp3) is 1.00. The van der Waals surface area contributed by atoms with Gasteiger partial charge in [-0.15, -0.1) is 0 Å². The molecule has 0 bridgehead atoms. The Morgan fingerprint density at radius 2 is 0.857 bits per heavy atom. The van der Waals surface area contributed by atoms with Crippen molar-refractivity contribution in [3.8, 4) is 0 Å². The standard InChI is InChI=1S/C21H48O5Si2/c1-7-12-17-22-27(6,23-18-13-8-2)26-28(21-16-11-5,24-19-14-9-3)25-20-15-10-4/h7-21H2,1-6H3. The third-order valence-corrected chi connectivity index (χ3v) is 11.0. The Kier molecular flexibility index (Phi) is 18.2. The van der Waals surface area contributed by atoms with Crippen LogP contribution in [0.15, 0.2) is 0 Å². The van der Waals surface area contributed by atoms with Crippen LogP contribution >= 0.6 is 0 Å².